The van der Waals surface area contributed by atoms with Gasteiger partial charge in [-0.25, -0.2) is 0 Å². The highest BCUT2D eigenvalue weighted by Gasteiger charge is 2.18. The molecule has 2 aromatic rings. The fourth-order valence-electron chi connectivity index (χ4n) is 2.13. The lowest BCUT2D eigenvalue weighted by Crippen LogP contribution is -2.42. The van der Waals surface area contributed by atoms with E-state index < -0.39 is 0 Å². The molecular weight excluding hydrogens is 296 g/mol. The summed E-state index contributed by atoms with van der Waals surface area (Å²) < 4.78 is 5.23. The zero-order valence-electron chi connectivity index (χ0n) is 13.2. The number of amides is 1. The summed E-state index contributed by atoms with van der Waals surface area (Å²) in [4.78, 5) is 15.4. The Labute approximate surface area is 135 Å². The molecule has 0 aliphatic carbocycles. The minimum Gasteiger partial charge on any atom is -0.497 e. The normalized spacial score (nSPS) is 12.2. The Morgan fingerprint density at radius 3 is 2.86 bits per heavy atom. The van der Waals surface area contributed by atoms with Crippen LogP contribution in [-0.4, -0.2) is 31.0 Å². The van der Waals surface area contributed by atoms with Crippen LogP contribution in [0.15, 0.2) is 41.8 Å². The lowest BCUT2D eigenvalue weighted by atomic mass is 10.1. The molecule has 1 atom stereocenters. The molecule has 0 saturated heterocycles. The Hall–Kier alpha value is -1.85. The van der Waals surface area contributed by atoms with Crippen molar-refractivity contribution >= 4 is 17.2 Å². The maximum Gasteiger partial charge on any atom is 0.237 e. The van der Waals surface area contributed by atoms with Gasteiger partial charge < -0.3 is 10.1 Å². The predicted octanol–water partition coefficient (Wildman–Crippen LogP) is 2.89. The summed E-state index contributed by atoms with van der Waals surface area (Å²) >= 11 is 1.65. The monoisotopic (exact) mass is 318 g/mol. The highest BCUT2D eigenvalue weighted by Crippen LogP contribution is 2.15. The fraction of sp³-hybridized carbons (Fsp3) is 0.353. The Kier molecular flexibility index (Phi) is 5.98. The molecule has 118 valence electrons. The summed E-state index contributed by atoms with van der Waals surface area (Å²) in [5.74, 6) is 0.875. The third kappa shape index (κ3) is 4.58. The van der Waals surface area contributed by atoms with Crippen LogP contribution in [0.25, 0.3) is 0 Å². The average molecular weight is 318 g/mol. The van der Waals surface area contributed by atoms with E-state index in [1.54, 1.807) is 18.4 Å². The van der Waals surface area contributed by atoms with Gasteiger partial charge in [-0.3, -0.25) is 9.69 Å². The SMILES string of the molecule is COc1cccc(CN(C)C(C)C(=O)NCc2cccs2)c1. The van der Waals surface area contributed by atoms with Crippen LogP contribution >= 0.6 is 11.3 Å². The predicted molar refractivity (Wildman–Crippen MR) is 90.1 cm³/mol. The first-order valence-corrected chi connectivity index (χ1v) is 8.11. The van der Waals surface area contributed by atoms with Crippen molar-refractivity contribution in [3.63, 3.8) is 0 Å². The van der Waals surface area contributed by atoms with Crippen molar-refractivity contribution in [2.24, 2.45) is 0 Å². The summed E-state index contributed by atoms with van der Waals surface area (Å²) in [5.41, 5.74) is 1.12. The fourth-order valence-corrected chi connectivity index (χ4v) is 2.78. The van der Waals surface area contributed by atoms with Crippen molar-refractivity contribution in [1.82, 2.24) is 10.2 Å². The van der Waals surface area contributed by atoms with Crippen molar-refractivity contribution in [2.75, 3.05) is 14.2 Å². The summed E-state index contributed by atoms with van der Waals surface area (Å²) in [6, 6.07) is 11.7. The second kappa shape index (κ2) is 7.96. The van der Waals surface area contributed by atoms with Gasteiger partial charge in [-0.1, -0.05) is 18.2 Å². The second-order valence-electron chi connectivity index (χ2n) is 5.24. The molecule has 0 aliphatic rings. The molecule has 1 amide bonds. The van der Waals surface area contributed by atoms with Crippen molar-refractivity contribution in [2.45, 2.75) is 26.1 Å². The second-order valence-corrected chi connectivity index (χ2v) is 6.27. The molecule has 4 nitrogen and oxygen atoms in total. The third-order valence-electron chi connectivity index (χ3n) is 3.62. The van der Waals surface area contributed by atoms with E-state index in [0.29, 0.717) is 13.1 Å². The van der Waals surface area contributed by atoms with E-state index in [1.165, 1.54) is 0 Å². The van der Waals surface area contributed by atoms with Crippen molar-refractivity contribution < 1.29 is 9.53 Å². The number of benzene rings is 1. The van der Waals surface area contributed by atoms with Crippen LogP contribution < -0.4 is 10.1 Å². The first-order chi connectivity index (χ1) is 10.6. The largest absolute Gasteiger partial charge is 0.497 e. The van der Waals surface area contributed by atoms with Crippen LogP contribution in [0.3, 0.4) is 0 Å². The quantitative estimate of drug-likeness (QED) is 0.853. The van der Waals surface area contributed by atoms with Crippen LogP contribution in [0.1, 0.15) is 17.4 Å². The maximum atomic E-state index is 12.2. The van der Waals surface area contributed by atoms with Crippen LogP contribution in [-0.2, 0) is 17.9 Å². The molecule has 1 unspecified atom stereocenters. The molecule has 0 radical (unpaired) electrons. The summed E-state index contributed by atoms with van der Waals surface area (Å²) in [6.45, 7) is 3.21. The molecule has 1 N–H and O–H groups in total. The maximum absolute atomic E-state index is 12.2. The summed E-state index contributed by atoms with van der Waals surface area (Å²) in [5, 5.41) is 4.99. The van der Waals surface area contributed by atoms with Crippen LogP contribution in [0.4, 0.5) is 0 Å². The Balaban J connectivity index is 1.87. The minimum absolute atomic E-state index is 0.0406. The Bertz CT molecular complexity index is 598. The van der Waals surface area contributed by atoms with E-state index in [0.717, 1.165) is 16.2 Å². The lowest BCUT2D eigenvalue weighted by molar-refractivity contribution is -0.125. The molecule has 22 heavy (non-hydrogen) atoms. The smallest absolute Gasteiger partial charge is 0.237 e. The number of rotatable bonds is 7. The molecule has 2 rings (SSSR count). The standard InChI is InChI=1S/C17H22N2O2S/c1-13(17(20)18-11-16-8-5-9-22-16)19(2)12-14-6-4-7-15(10-14)21-3/h4-10,13H,11-12H2,1-3H3,(H,18,20). The summed E-state index contributed by atoms with van der Waals surface area (Å²) in [6.07, 6.45) is 0. The number of hydrogen-bond acceptors (Lipinski definition) is 4. The van der Waals surface area contributed by atoms with E-state index in [9.17, 15) is 4.79 Å². The van der Waals surface area contributed by atoms with Crippen LogP contribution in [0, 0.1) is 0 Å². The zero-order chi connectivity index (χ0) is 15.9. The van der Waals surface area contributed by atoms with E-state index in [-0.39, 0.29) is 11.9 Å². The number of hydrogen-bond donors (Lipinski definition) is 1. The Morgan fingerprint density at radius 1 is 1.36 bits per heavy atom. The molecule has 1 heterocycles. The Morgan fingerprint density at radius 2 is 2.18 bits per heavy atom. The van der Waals surface area contributed by atoms with Gasteiger partial charge in [0, 0.05) is 11.4 Å². The van der Waals surface area contributed by atoms with Gasteiger partial charge in [-0.2, -0.15) is 0 Å². The van der Waals surface area contributed by atoms with Crippen molar-refractivity contribution in [3.05, 3.63) is 52.2 Å². The topological polar surface area (TPSA) is 41.6 Å². The number of carbonyl (C=O) groups is 1. The molecule has 5 heteroatoms. The van der Waals surface area contributed by atoms with E-state index >= 15 is 0 Å². The molecule has 0 spiro atoms. The molecule has 0 bridgehead atoms. The highest BCUT2D eigenvalue weighted by molar-refractivity contribution is 7.09. The molecule has 1 aromatic heterocycles. The van der Waals surface area contributed by atoms with Gasteiger partial charge in [0.1, 0.15) is 5.75 Å². The van der Waals surface area contributed by atoms with E-state index in [1.807, 2.05) is 60.6 Å². The van der Waals surface area contributed by atoms with Crippen molar-refractivity contribution in [1.29, 1.82) is 0 Å². The molecular formula is C17H22N2O2S. The van der Waals surface area contributed by atoms with Gasteiger partial charge in [-0.15, -0.1) is 11.3 Å². The van der Waals surface area contributed by atoms with Gasteiger partial charge in [-0.05, 0) is 43.1 Å². The number of nitrogens with one attached hydrogen (secondary N) is 1. The van der Waals surface area contributed by atoms with Crippen LogP contribution in [0.5, 0.6) is 5.75 Å². The number of ether oxygens (including phenoxy) is 1. The number of methoxy groups -OCH3 is 1. The summed E-state index contributed by atoms with van der Waals surface area (Å²) in [7, 11) is 3.61. The number of carbonyl (C=O) groups excluding carboxylic acids is 1. The molecule has 1 aromatic carbocycles. The van der Waals surface area contributed by atoms with Gasteiger partial charge in [0.15, 0.2) is 0 Å². The first kappa shape index (κ1) is 16.5. The van der Waals surface area contributed by atoms with Crippen LogP contribution in [0.2, 0.25) is 0 Å². The van der Waals surface area contributed by atoms with Gasteiger partial charge in [0.2, 0.25) is 5.91 Å². The van der Waals surface area contributed by atoms with Gasteiger partial charge >= 0.3 is 0 Å². The number of thiophene rings is 1. The van der Waals surface area contributed by atoms with Gasteiger partial charge in [0.25, 0.3) is 0 Å². The average Bonchev–Trinajstić information content (AvgIpc) is 3.05. The molecule has 0 fully saturated rings. The third-order valence-corrected chi connectivity index (χ3v) is 4.50. The molecule has 0 saturated carbocycles. The first-order valence-electron chi connectivity index (χ1n) is 7.23. The lowest BCUT2D eigenvalue weighted by Gasteiger charge is -2.24. The van der Waals surface area contributed by atoms with E-state index in [4.69, 9.17) is 4.74 Å². The minimum atomic E-state index is -0.189. The van der Waals surface area contributed by atoms with Crippen molar-refractivity contribution in [3.8, 4) is 5.75 Å². The van der Waals surface area contributed by atoms with E-state index in [2.05, 4.69) is 5.32 Å². The van der Waals surface area contributed by atoms with Gasteiger partial charge in [0.05, 0.1) is 19.7 Å². The molecule has 0 aliphatic heterocycles. The number of likely N-dealkylation sites (N-methyl/N-ethyl adjacent to an activating group) is 1. The highest BCUT2D eigenvalue weighted by atomic mass is 32.1. The zero-order valence-corrected chi connectivity index (χ0v) is 14.0. The number of nitrogens with zero attached hydrogens (tertiary/aromatic N) is 1.